The van der Waals surface area contributed by atoms with Gasteiger partial charge in [0.1, 0.15) is 5.82 Å². The smallest absolute Gasteiger partial charge is 0.337 e. The minimum absolute atomic E-state index is 0.0922. The van der Waals surface area contributed by atoms with Gasteiger partial charge in [-0.15, -0.1) is 0 Å². The number of pyridine rings is 1. The quantitative estimate of drug-likeness (QED) is 0.902. The van der Waals surface area contributed by atoms with Crippen molar-refractivity contribution in [3.05, 3.63) is 58.2 Å². The van der Waals surface area contributed by atoms with Gasteiger partial charge in [0.25, 0.3) is 0 Å². The first kappa shape index (κ1) is 13.9. The van der Waals surface area contributed by atoms with Crippen molar-refractivity contribution in [2.45, 2.75) is 25.3 Å². The molecule has 5 heteroatoms. The Morgan fingerprint density at radius 2 is 2.19 bits per heavy atom. The lowest BCUT2D eigenvalue weighted by atomic mass is 9.88. The maximum atomic E-state index is 10.9. The van der Waals surface area contributed by atoms with Crippen LogP contribution in [0.25, 0.3) is 0 Å². The SMILES string of the molecule is O=C(O)c1cnc(NC2CCCc3ccccc32)c(Cl)c1. The minimum atomic E-state index is -1.03. The molecule has 0 saturated heterocycles. The first-order valence-corrected chi connectivity index (χ1v) is 7.26. The van der Waals surface area contributed by atoms with Gasteiger partial charge in [-0.05, 0) is 36.5 Å². The fourth-order valence-corrected chi connectivity index (χ4v) is 2.95. The molecular formula is C16H15ClN2O2. The van der Waals surface area contributed by atoms with E-state index in [1.807, 2.05) is 12.1 Å². The summed E-state index contributed by atoms with van der Waals surface area (Å²) in [6.45, 7) is 0. The van der Waals surface area contributed by atoms with Gasteiger partial charge >= 0.3 is 5.97 Å². The number of carbonyl (C=O) groups is 1. The lowest BCUT2D eigenvalue weighted by molar-refractivity contribution is 0.0696. The van der Waals surface area contributed by atoms with Gasteiger partial charge in [0.15, 0.2) is 0 Å². The number of benzene rings is 1. The summed E-state index contributed by atoms with van der Waals surface area (Å²) >= 11 is 6.13. The molecule has 1 atom stereocenters. The van der Waals surface area contributed by atoms with Gasteiger partial charge in [-0.25, -0.2) is 9.78 Å². The summed E-state index contributed by atoms with van der Waals surface area (Å²) < 4.78 is 0. The number of fused-ring (bicyclic) bond motifs is 1. The molecule has 1 aromatic heterocycles. The zero-order chi connectivity index (χ0) is 14.8. The van der Waals surface area contributed by atoms with Gasteiger partial charge in [-0.1, -0.05) is 35.9 Å². The topological polar surface area (TPSA) is 62.2 Å². The number of nitrogens with zero attached hydrogens (tertiary/aromatic N) is 1. The highest BCUT2D eigenvalue weighted by Gasteiger charge is 2.21. The number of anilines is 1. The summed E-state index contributed by atoms with van der Waals surface area (Å²) in [7, 11) is 0. The standard InChI is InChI=1S/C16H15ClN2O2/c17-13-8-11(16(20)21)9-18-15(13)19-14-7-3-5-10-4-1-2-6-12(10)14/h1-2,4,6,8-9,14H,3,5,7H2,(H,18,19)(H,20,21). The molecule has 1 heterocycles. The predicted molar refractivity (Wildman–Crippen MR) is 82.0 cm³/mol. The third-order valence-electron chi connectivity index (χ3n) is 3.77. The molecule has 0 bridgehead atoms. The van der Waals surface area contributed by atoms with Crippen molar-refractivity contribution in [2.75, 3.05) is 5.32 Å². The van der Waals surface area contributed by atoms with Gasteiger partial charge in [0.05, 0.1) is 16.6 Å². The van der Waals surface area contributed by atoms with E-state index in [2.05, 4.69) is 22.4 Å². The molecule has 1 aliphatic carbocycles. The van der Waals surface area contributed by atoms with E-state index in [0.717, 1.165) is 19.3 Å². The molecule has 0 amide bonds. The Hall–Kier alpha value is -2.07. The molecule has 1 aliphatic rings. The van der Waals surface area contributed by atoms with Crippen molar-refractivity contribution in [1.29, 1.82) is 0 Å². The largest absolute Gasteiger partial charge is 0.478 e. The Balaban J connectivity index is 1.86. The Morgan fingerprint density at radius 1 is 1.38 bits per heavy atom. The van der Waals surface area contributed by atoms with Crippen LogP contribution in [0.4, 0.5) is 5.82 Å². The Bertz CT molecular complexity index is 688. The van der Waals surface area contributed by atoms with Crippen LogP contribution in [0.15, 0.2) is 36.5 Å². The Labute approximate surface area is 127 Å². The van der Waals surface area contributed by atoms with Crippen molar-refractivity contribution in [3.63, 3.8) is 0 Å². The lowest BCUT2D eigenvalue weighted by Gasteiger charge is -2.27. The number of carboxylic acid groups (broad SMARTS) is 1. The molecule has 21 heavy (non-hydrogen) atoms. The fraction of sp³-hybridized carbons (Fsp3) is 0.250. The summed E-state index contributed by atoms with van der Waals surface area (Å²) in [6.07, 6.45) is 4.54. The molecule has 0 saturated carbocycles. The monoisotopic (exact) mass is 302 g/mol. The third-order valence-corrected chi connectivity index (χ3v) is 4.06. The number of rotatable bonds is 3. The zero-order valence-electron chi connectivity index (χ0n) is 11.3. The fourth-order valence-electron chi connectivity index (χ4n) is 2.73. The van der Waals surface area contributed by atoms with Crippen LogP contribution in [-0.4, -0.2) is 16.1 Å². The molecule has 0 spiro atoms. The molecule has 2 N–H and O–H groups in total. The molecule has 1 aromatic carbocycles. The highest BCUT2D eigenvalue weighted by molar-refractivity contribution is 6.33. The van der Waals surface area contributed by atoms with Crippen molar-refractivity contribution in [1.82, 2.24) is 4.98 Å². The molecule has 4 nitrogen and oxygen atoms in total. The molecule has 0 radical (unpaired) electrons. The van der Waals surface area contributed by atoms with E-state index >= 15 is 0 Å². The maximum Gasteiger partial charge on any atom is 0.337 e. The van der Waals surface area contributed by atoms with Crippen molar-refractivity contribution >= 4 is 23.4 Å². The van der Waals surface area contributed by atoms with E-state index in [1.54, 1.807) is 0 Å². The van der Waals surface area contributed by atoms with Crippen LogP contribution in [0.5, 0.6) is 0 Å². The highest BCUT2D eigenvalue weighted by atomic mass is 35.5. The second kappa shape index (κ2) is 5.74. The van der Waals surface area contributed by atoms with Crippen LogP contribution in [0.2, 0.25) is 5.02 Å². The summed E-state index contributed by atoms with van der Waals surface area (Å²) in [5.41, 5.74) is 2.71. The summed E-state index contributed by atoms with van der Waals surface area (Å²) in [5, 5.41) is 12.6. The predicted octanol–water partition coefficient (Wildman–Crippen LogP) is 3.92. The van der Waals surface area contributed by atoms with E-state index in [-0.39, 0.29) is 11.6 Å². The summed E-state index contributed by atoms with van der Waals surface area (Å²) in [5.74, 6) is -0.498. The van der Waals surface area contributed by atoms with Crippen LogP contribution in [0, 0.1) is 0 Å². The van der Waals surface area contributed by atoms with Gasteiger partial charge in [-0.3, -0.25) is 0 Å². The van der Waals surface area contributed by atoms with Gasteiger partial charge in [-0.2, -0.15) is 0 Å². The molecule has 3 rings (SSSR count). The van der Waals surface area contributed by atoms with Crippen molar-refractivity contribution < 1.29 is 9.90 Å². The average Bonchev–Trinajstić information content (AvgIpc) is 2.49. The maximum absolute atomic E-state index is 10.9. The van der Waals surface area contributed by atoms with E-state index in [9.17, 15) is 4.79 Å². The van der Waals surface area contributed by atoms with E-state index in [4.69, 9.17) is 16.7 Å². The summed E-state index contributed by atoms with van der Waals surface area (Å²) in [4.78, 5) is 15.0. The molecule has 108 valence electrons. The summed E-state index contributed by atoms with van der Waals surface area (Å²) in [6, 6.07) is 9.93. The first-order valence-electron chi connectivity index (χ1n) is 6.88. The highest BCUT2D eigenvalue weighted by Crippen LogP contribution is 2.33. The van der Waals surface area contributed by atoms with Crippen LogP contribution in [0.3, 0.4) is 0 Å². The van der Waals surface area contributed by atoms with Crippen LogP contribution >= 0.6 is 11.6 Å². The lowest BCUT2D eigenvalue weighted by Crippen LogP contribution is -2.18. The first-order chi connectivity index (χ1) is 10.1. The number of hydrogen-bond acceptors (Lipinski definition) is 3. The minimum Gasteiger partial charge on any atom is -0.478 e. The van der Waals surface area contributed by atoms with Crippen molar-refractivity contribution in [3.8, 4) is 0 Å². The zero-order valence-corrected chi connectivity index (χ0v) is 12.1. The molecule has 0 fully saturated rings. The van der Waals surface area contributed by atoms with Crippen LogP contribution < -0.4 is 5.32 Å². The van der Waals surface area contributed by atoms with Gasteiger partial charge in [0.2, 0.25) is 0 Å². The number of nitrogens with one attached hydrogen (secondary N) is 1. The van der Waals surface area contributed by atoms with E-state index < -0.39 is 5.97 Å². The number of aromatic carboxylic acids is 1. The number of aryl methyl sites for hydroxylation is 1. The second-order valence-electron chi connectivity index (χ2n) is 5.15. The number of halogens is 1. The second-order valence-corrected chi connectivity index (χ2v) is 5.55. The third kappa shape index (κ3) is 2.85. The molecule has 1 unspecified atom stereocenters. The normalized spacial score (nSPS) is 17.1. The van der Waals surface area contributed by atoms with Crippen LogP contribution in [-0.2, 0) is 6.42 Å². The number of aromatic nitrogens is 1. The van der Waals surface area contributed by atoms with E-state index in [1.165, 1.54) is 23.4 Å². The van der Waals surface area contributed by atoms with Crippen molar-refractivity contribution in [2.24, 2.45) is 0 Å². The average molecular weight is 303 g/mol. The van der Waals surface area contributed by atoms with Gasteiger partial charge in [0, 0.05) is 6.20 Å². The number of carboxylic acids is 1. The Kier molecular flexibility index (Phi) is 3.80. The van der Waals surface area contributed by atoms with Gasteiger partial charge < -0.3 is 10.4 Å². The Morgan fingerprint density at radius 3 is 2.95 bits per heavy atom. The molecular weight excluding hydrogens is 288 g/mol. The van der Waals surface area contributed by atoms with Crippen LogP contribution in [0.1, 0.15) is 40.4 Å². The molecule has 2 aromatic rings. The molecule has 0 aliphatic heterocycles. The number of hydrogen-bond donors (Lipinski definition) is 2. The van der Waals surface area contributed by atoms with E-state index in [0.29, 0.717) is 10.8 Å².